The van der Waals surface area contributed by atoms with Crippen LogP contribution in [-0.2, 0) is 6.18 Å². The smallest absolute Gasteiger partial charge is 0.416 e. The van der Waals surface area contributed by atoms with Crippen LogP contribution in [0.1, 0.15) is 15.9 Å². The van der Waals surface area contributed by atoms with E-state index >= 15 is 0 Å². The van der Waals surface area contributed by atoms with Gasteiger partial charge in [0.05, 0.1) is 16.8 Å². The molecule has 0 bridgehead atoms. The van der Waals surface area contributed by atoms with Gasteiger partial charge < -0.3 is 15.6 Å². The summed E-state index contributed by atoms with van der Waals surface area (Å²) in [5, 5.41) is 8.75. The zero-order valence-corrected chi connectivity index (χ0v) is 10.4. The first kappa shape index (κ1) is 14.6. The SMILES string of the molecule is Nc1cc(C(=O)O)cnc1Oc1ccc(C(F)(F)F)cc1. The molecule has 0 aliphatic carbocycles. The number of benzene rings is 1. The van der Waals surface area contributed by atoms with Crippen LogP contribution in [-0.4, -0.2) is 16.1 Å². The summed E-state index contributed by atoms with van der Waals surface area (Å²) in [4.78, 5) is 14.4. The summed E-state index contributed by atoms with van der Waals surface area (Å²) in [7, 11) is 0. The number of carboxylic acids is 1. The van der Waals surface area contributed by atoms with Gasteiger partial charge in [-0.15, -0.1) is 0 Å². The summed E-state index contributed by atoms with van der Waals surface area (Å²) in [5.74, 6) is -1.18. The Morgan fingerprint density at radius 2 is 1.86 bits per heavy atom. The van der Waals surface area contributed by atoms with Crippen molar-refractivity contribution in [1.82, 2.24) is 4.98 Å². The number of carbonyl (C=O) groups is 1. The minimum Gasteiger partial charge on any atom is -0.478 e. The third-order valence-electron chi connectivity index (χ3n) is 2.52. The highest BCUT2D eigenvalue weighted by Gasteiger charge is 2.30. The van der Waals surface area contributed by atoms with Crippen LogP contribution < -0.4 is 10.5 Å². The lowest BCUT2D eigenvalue weighted by molar-refractivity contribution is -0.137. The third-order valence-corrected chi connectivity index (χ3v) is 2.52. The van der Waals surface area contributed by atoms with Crippen LogP contribution in [0.4, 0.5) is 18.9 Å². The van der Waals surface area contributed by atoms with Crippen LogP contribution >= 0.6 is 0 Å². The molecule has 0 saturated heterocycles. The number of aromatic nitrogens is 1. The zero-order valence-electron chi connectivity index (χ0n) is 10.4. The fourth-order valence-corrected chi connectivity index (χ4v) is 1.50. The van der Waals surface area contributed by atoms with E-state index in [0.29, 0.717) is 0 Å². The lowest BCUT2D eigenvalue weighted by Gasteiger charge is -2.10. The zero-order chi connectivity index (χ0) is 15.6. The van der Waals surface area contributed by atoms with Gasteiger partial charge in [0, 0.05) is 6.20 Å². The largest absolute Gasteiger partial charge is 0.478 e. The van der Waals surface area contributed by atoms with Crippen LogP contribution in [0.3, 0.4) is 0 Å². The molecule has 21 heavy (non-hydrogen) atoms. The summed E-state index contributed by atoms with van der Waals surface area (Å²) in [6, 6.07) is 5.10. The molecule has 0 amide bonds. The van der Waals surface area contributed by atoms with E-state index in [2.05, 4.69) is 4.98 Å². The van der Waals surface area contributed by atoms with Gasteiger partial charge in [0.2, 0.25) is 5.88 Å². The number of anilines is 1. The molecule has 0 saturated carbocycles. The third kappa shape index (κ3) is 3.41. The fourth-order valence-electron chi connectivity index (χ4n) is 1.50. The first-order valence-electron chi connectivity index (χ1n) is 5.61. The van der Waals surface area contributed by atoms with Crippen LogP contribution in [0.15, 0.2) is 36.5 Å². The van der Waals surface area contributed by atoms with E-state index in [0.717, 1.165) is 36.5 Å². The average Bonchev–Trinajstić information content (AvgIpc) is 2.40. The number of nitrogens with two attached hydrogens (primary N) is 1. The molecule has 0 aliphatic rings. The van der Waals surface area contributed by atoms with Crippen LogP contribution in [0.25, 0.3) is 0 Å². The van der Waals surface area contributed by atoms with E-state index in [-0.39, 0.29) is 22.9 Å². The van der Waals surface area contributed by atoms with Crippen molar-refractivity contribution in [1.29, 1.82) is 0 Å². The molecule has 1 heterocycles. The van der Waals surface area contributed by atoms with E-state index in [4.69, 9.17) is 15.6 Å². The van der Waals surface area contributed by atoms with Gasteiger partial charge in [-0.05, 0) is 30.3 Å². The molecule has 5 nitrogen and oxygen atoms in total. The van der Waals surface area contributed by atoms with Gasteiger partial charge in [0.1, 0.15) is 5.75 Å². The van der Waals surface area contributed by atoms with Gasteiger partial charge in [-0.2, -0.15) is 13.2 Å². The number of ether oxygens (including phenoxy) is 1. The van der Waals surface area contributed by atoms with Crippen molar-refractivity contribution in [2.45, 2.75) is 6.18 Å². The van der Waals surface area contributed by atoms with E-state index in [1.54, 1.807) is 0 Å². The van der Waals surface area contributed by atoms with Crippen molar-refractivity contribution in [2.24, 2.45) is 0 Å². The summed E-state index contributed by atoms with van der Waals surface area (Å²) in [6.07, 6.45) is -3.39. The predicted octanol–water partition coefficient (Wildman–Crippen LogP) is 3.17. The van der Waals surface area contributed by atoms with Crippen molar-refractivity contribution in [3.63, 3.8) is 0 Å². The van der Waals surface area contributed by atoms with Crippen molar-refractivity contribution in [3.05, 3.63) is 47.7 Å². The molecular weight excluding hydrogens is 289 g/mol. The van der Waals surface area contributed by atoms with Gasteiger partial charge in [0.25, 0.3) is 0 Å². The summed E-state index contributed by atoms with van der Waals surface area (Å²) < 4.78 is 42.4. The Kier molecular flexibility index (Phi) is 3.70. The maximum absolute atomic E-state index is 12.4. The Bertz CT molecular complexity index is 669. The molecule has 2 rings (SSSR count). The lowest BCUT2D eigenvalue weighted by Crippen LogP contribution is -2.04. The Balaban J connectivity index is 2.20. The molecule has 0 fully saturated rings. The highest BCUT2D eigenvalue weighted by molar-refractivity contribution is 5.88. The molecule has 0 spiro atoms. The number of rotatable bonds is 3. The van der Waals surface area contributed by atoms with Crippen LogP contribution in [0.2, 0.25) is 0 Å². The Hall–Kier alpha value is -2.77. The van der Waals surface area contributed by atoms with Crippen molar-refractivity contribution in [3.8, 4) is 11.6 Å². The number of hydrogen-bond acceptors (Lipinski definition) is 4. The van der Waals surface area contributed by atoms with Gasteiger partial charge in [-0.1, -0.05) is 0 Å². The molecule has 0 unspecified atom stereocenters. The number of halogens is 3. The maximum atomic E-state index is 12.4. The second-order valence-corrected chi connectivity index (χ2v) is 4.05. The van der Waals surface area contributed by atoms with Crippen molar-refractivity contribution >= 4 is 11.7 Å². The molecule has 110 valence electrons. The van der Waals surface area contributed by atoms with E-state index in [1.165, 1.54) is 0 Å². The second-order valence-electron chi connectivity index (χ2n) is 4.05. The molecule has 0 radical (unpaired) electrons. The molecule has 2 aromatic rings. The average molecular weight is 298 g/mol. The maximum Gasteiger partial charge on any atom is 0.416 e. The number of hydrogen-bond donors (Lipinski definition) is 2. The number of alkyl halides is 3. The molecule has 8 heteroatoms. The molecular formula is C13H9F3N2O3. The molecule has 1 aromatic carbocycles. The number of pyridine rings is 1. The Labute approximate surface area is 116 Å². The molecule has 3 N–H and O–H groups in total. The van der Waals surface area contributed by atoms with Gasteiger partial charge in [0.15, 0.2) is 0 Å². The second kappa shape index (κ2) is 5.31. The molecule has 0 atom stereocenters. The number of nitrogens with zero attached hydrogens (tertiary/aromatic N) is 1. The monoisotopic (exact) mass is 298 g/mol. The number of nitrogen functional groups attached to an aromatic ring is 1. The van der Waals surface area contributed by atoms with E-state index < -0.39 is 17.7 Å². The van der Waals surface area contributed by atoms with Gasteiger partial charge in [-0.25, -0.2) is 9.78 Å². The lowest BCUT2D eigenvalue weighted by atomic mass is 10.2. The quantitative estimate of drug-likeness (QED) is 0.909. The Morgan fingerprint density at radius 3 is 2.33 bits per heavy atom. The minimum absolute atomic E-state index is 0.0326. The normalized spacial score (nSPS) is 11.2. The first-order valence-corrected chi connectivity index (χ1v) is 5.61. The van der Waals surface area contributed by atoms with Gasteiger partial charge >= 0.3 is 12.1 Å². The van der Waals surface area contributed by atoms with Crippen molar-refractivity contribution in [2.75, 3.05) is 5.73 Å². The summed E-state index contributed by atoms with van der Waals surface area (Å²) >= 11 is 0. The highest BCUT2D eigenvalue weighted by atomic mass is 19.4. The topological polar surface area (TPSA) is 85.4 Å². The standard InChI is InChI=1S/C13H9F3N2O3/c14-13(15,16)8-1-3-9(4-2-8)21-11-10(17)5-7(6-18-11)12(19)20/h1-6H,17H2,(H,19,20). The molecule has 1 aromatic heterocycles. The first-order chi connectivity index (χ1) is 9.77. The van der Waals surface area contributed by atoms with E-state index in [9.17, 15) is 18.0 Å². The minimum atomic E-state index is -4.43. The van der Waals surface area contributed by atoms with Crippen LogP contribution in [0.5, 0.6) is 11.6 Å². The fraction of sp³-hybridized carbons (Fsp3) is 0.0769. The predicted molar refractivity (Wildman–Crippen MR) is 67.1 cm³/mol. The summed E-state index contributed by atoms with van der Waals surface area (Å²) in [5.41, 5.74) is 4.62. The molecule has 0 aliphatic heterocycles. The van der Waals surface area contributed by atoms with Crippen LogP contribution in [0, 0.1) is 0 Å². The number of aromatic carboxylic acids is 1. The number of carboxylic acid groups (broad SMARTS) is 1. The highest BCUT2D eigenvalue weighted by Crippen LogP contribution is 2.32. The summed E-state index contributed by atoms with van der Waals surface area (Å²) in [6.45, 7) is 0. The van der Waals surface area contributed by atoms with Crippen molar-refractivity contribution < 1.29 is 27.8 Å². The van der Waals surface area contributed by atoms with E-state index in [1.807, 2.05) is 0 Å². The van der Waals surface area contributed by atoms with Gasteiger partial charge in [-0.3, -0.25) is 0 Å². The Morgan fingerprint density at radius 1 is 1.24 bits per heavy atom.